The number of aryl methyl sites for hydroxylation is 2. The fourth-order valence-electron chi connectivity index (χ4n) is 1.86. The second-order valence-corrected chi connectivity index (χ2v) is 4.61. The number of nitrogens with zero attached hydrogens (tertiary/aromatic N) is 2. The number of aromatic nitrogens is 2. The smallest absolute Gasteiger partial charge is 0.139 e. The molecule has 0 aliphatic rings. The van der Waals surface area contributed by atoms with E-state index in [1.54, 1.807) is 0 Å². The maximum Gasteiger partial charge on any atom is 0.139 e. The molecule has 0 atom stereocenters. The van der Waals surface area contributed by atoms with Crippen molar-refractivity contribution in [3.05, 3.63) is 41.2 Å². The molecule has 0 saturated heterocycles. The third-order valence-corrected chi connectivity index (χ3v) is 2.92. The van der Waals surface area contributed by atoms with Crippen LogP contribution in [-0.2, 0) is 0 Å². The lowest BCUT2D eigenvalue weighted by Crippen LogP contribution is -2.07. The molecular weight excluding hydrogens is 236 g/mol. The minimum atomic E-state index is 0.760. The predicted molar refractivity (Wildman–Crippen MR) is 80.1 cm³/mol. The summed E-state index contributed by atoms with van der Waals surface area (Å²) >= 11 is 0. The molecule has 4 nitrogen and oxygen atoms in total. The lowest BCUT2D eigenvalue weighted by Gasteiger charge is -2.13. The topological polar surface area (TPSA) is 49.8 Å². The standard InChI is InChI=1S/C15H20N4/c1-5-16-14-11(3)15(18-12(4)17-14)19-13-8-6-10(2)7-9-13/h6-9H,5H2,1-4H3,(H2,16,17,18,19). The number of hydrogen-bond donors (Lipinski definition) is 2. The largest absolute Gasteiger partial charge is 0.370 e. The molecule has 0 spiro atoms. The molecule has 4 heteroatoms. The summed E-state index contributed by atoms with van der Waals surface area (Å²) in [6.45, 7) is 8.91. The fraction of sp³-hybridized carbons (Fsp3) is 0.333. The van der Waals surface area contributed by atoms with E-state index in [9.17, 15) is 0 Å². The minimum absolute atomic E-state index is 0.760. The van der Waals surface area contributed by atoms with Gasteiger partial charge in [-0.1, -0.05) is 17.7 Å². The molecule has 0 unspecified atom stereocenters. The highest BCUT2D eigenvalue weighted by Crippen LogP contribution is 2.23. The molecule has 0 aliphatic carbocycles. The molecule has 19 heavy (non-hydrogen) atoms. The summed E-state index contributed by atoms with van der Waals surface area (Å²) < 4.78 is 0. The molecule has 0 radical (unpaired) electrons. The van der Waals surface area contributed by atoms with E-state index in [0.29, 0.717) is 0 Å². The predicted octanol–water partition coefficient (Wildman–Crippen LogP) is 3.58. The van der Waals surface area contributed by atoms with Crippen LogP contribution in [0.3, 0.4) is 0 Å². The Morgan fingerprint density at radius 3 is 2.21 bits per heavy atom. The van der Waals surface area contributed by atoms with Crippen LogP contribution in [0.2, 0.25) is 0 Å². The second-order valence-electron chi connectivity index (χ2n) is 4.61. The van der Waals surface area contributed by atoms with Gasteiger partial charge in [0.1, 0.15) is 17.5 Å². The highest BCUT2D eigenvalue weighted by molar-refractivity contribution is 5.64. The Morgan fingerprint density at radius 1 is 0.947 bits per heavy atom. The van der Waals surface area contributed by atoms with Gasteiger partial charge in [-0.25, -0.2) is 9.97 Å². The van der Waals surface area contributed by atoms with Crippen LogP contribution in [-0.4, -0.2) is 16.5 Å². The molecule has 100 valence electrons. The molecule has 2 rings (SSSR count). The Hall–Kier alpha value is -2.10. The van der Waals surface area contributed by atoms with Gasteiger partial charge in [0.05, 0.1) is 0 Å². The Labute approximate surface area is 114 Å². The van der Waals surface area contributed by atoms with E-state index in [4.69, 9.17) is 0 Å². The zero-order chi connectivity index (χ0) is 13.8. The number of hydrogen-bond acceptors (Lipinski definition) is 4. The third-order valence-electron chi connectivity index (χ3n) is 2.92. The first kappa shape index (κ1) is 13.3. The van der Waals surface area contributed by atoms with Crippen molar-refractivity contribution in [3.8, 4) is 0 Å². The zero-order valence-electron chi connectivity index (χ0n) is 11.9. The van der Waals surface area contributed by atoms with Gasteiger partial charge in [-0.15, -0.1) is 0 Å². The van der Waals surface area contributed by atoms with Crippen molar-refractivity contribution >= 4 is 17.3 Å². The molecule has 0 bridgehead atoms. The SMILES string of the molecule is CCNc1nc(C)nc(Nc2ccc(C)cc2)c1C. The number of anilines is 3. The van der Waals surface area contributed by atoms with Crippen molar-refractivity contribution in [1.29, 1.82) is 0 Å². The average molecular weight is 256 g/mol. The molecule has 0 aliphatic heterocycles. The van der Waals surface area contributed by atoms with Gasteiger partial charge in [0, 0.05) is 17.8 Å². The Kier molecular flexibility index (Phi) is 4.00. The molecule has 2 N–H and O–H groups in total. The second kappa shape index (κ2) is 5.69. The van der Waals surface area contributed by atoms with E-state index in [1.807, 2.05) is 13.8 Å². The summed E-state index contributed by atoms with van der Waals surface area (Å²) in [6, 6.07) is 8.27. The van der Waals surface area contributed by atoms with Crippen molar-refractivity contribution in [2.24, 2.45) is 0 Å². The number of rotatable bonds is 4. The van der Waals surface area contributed by atoms with Gasteiger partial charge in [-0.3, -0.25) is 0 Å². The Balaban J connectivity index is 2.31. The molecule has 0 saturated carbocycles. The molecule has 1 heterocycles. The van der Waals surface area contributed by atoms with Crippen molar-refractivity contribution in [1.82, 2.24) is 9.97 Å². The van der Waals surface area contributed by atoms with E-state index >= 15 is 0 Å². The highest BCUT2D eigenvalue weighted by Gasteiger charge is 2.08. The molecule has 0 amide bonds. The molecule has 1 aromatic carbocycles. The first-order valence-corrected chi connectivity index (χ1v) is 6.53. The first-order chi connectivity index (χ1) is 9.10. The molecule has 0 fully saturated rings. The maximum absolute atomic E-state index is 4.47. The minimum Gasteiger partial charge on any atom is -0.370 e. The van der Waals surface area contributed by atoms with Crippen LogP contribution in [0.25, 0.3) is 0 Å². The van der Waals surface area contributed by atoms with Crippen LogP contribution >= 0.6 is 0 Å². The van der Waals surface area contributed by atoms with Crippen LogP contribution in [0, 0.1) is 20.8 Å². The van der Waals surface area contributed by atoms with Crippen LogP contribution in [0.15, 0.2) is 24.3 Å². The van der Waals surface area contributed by atoms with Crippen LogP contribution < -0.4 is 10.6 Å². The normalized spacial score (nSPS) is 10.3. The van der Waals surface area contributed by atoms with Crippen LogP contribution in [0.4, 0.5) is 17.3 Å². The molecular formula is C15H20N4. The van der Waals surface area contributed by atoms with Gasteiger partial charge in [0.15, 0.2) is 0 Å². The highest BCUT2D eigenvalue weighted by atomic mass is 15.1. The fourth-order valence-corrected chi connectivity index (χ4v) is 1.86. The van der Waals surface area contributed by atoms with Crippen molar-refractivity contribution < 1.29 is 0 Å². The lowest BCUT2D eigenvalue weighted by molar-refractivity contribution is 1.02. The Bertz CT molecular complexity index is 561. The maximum atomic E-state index is 4.47. The average Bonchev–Trinajstić information content (AvgIpc) is 2.38. The number of nitrogens with one attached hydrogen (secondary N) is 2. The van der Waals surface area contributed by atoms with Gasteiger partial charge in [0.2, 0.25) is 0 Å². The molecule has 1 aromatic heterocycles. The van der Waals surface area contributed by atoms with Crippen molar-refractivity contribution in [2.45, 2.75) is 27.7 Å². The lowest BCUT2D eigenvalue weighted by atomic mass is 10.2. The summed E-state index contributed by atoms with van der Waals surface area (Å²) in [6.07, 6.45) is 0. The summed E-state index contributed by atoms with van der Waals surface area (Å²) in [5.74, 6) is 2.51. The Morgan fingerprint density at radius 2 is 1.58 bits per heavy atom. The quantitative estimate of drug-likeness (QED) is 0.878. The van der Waals surface area contributed by atoms with E-state index in [1.165, 1.54) is 5.56 Å². The van der Waals surface area contributed by atoms with Crippen LogP contribution in [0.5, 0.6) is 0 Å². The van der Waals surface area contributed by atoms with Crippen molar-refractivity contribution in [3.63, 3.8) is 0 Å². The van der Waals surface area contributed by atoms with Gasteiger partial charge >= 0.3 is 0 Å². The zero-order valence-corrected chi connectivity index (χ0v) is 11.9. The summed E-state index contributed by atoms with van der Waals surface area (Å²) in [5, 5.41) is 6.61. The summed E-state index contributed by atoms with van der Waals surface area (Å²) in [5.41, 5.74) is 3.32. The van der Waals surface area contributed by atoms with Crippen LogP contribution in [0.1, 0.15) is 23.9 Å². The van der Waals surface area contributed by atoms with Gasteiger partial charge in [-0.2, -0.15) is 0 Å². The summed E-state index contributed by atoms with van der Waals surface area (Å²) in [7, 11) is 0. The summed E-state index contributed by atoms with van der Waals surface area (Å²) in [4.78, 5) is 8.89. The van der Waals surface area contributed by atoms with E-state index in [0.717, 1.165) is 35.3 Å². The number of benzene rings is 1. The van der Waals surface area contributed by atoms with E-state index < -0.39 is 0 Å². The van der Waals surface area contributed by atoms with Gasteiger partial charge < -0.3 is 10.6 Å². The molecule has 2 aromatic rings. The van der Waals surface area contributed by atoms with E-state index in [-0.39, 0.29) is 0 Å². The monoisotopic (exact) mass is 256 g/mol. The van der Waals surface area contributed by atoms with Gasteiger partial charge in [-0.05, 0) is 39.8 Å². The first-order valence-electron chi connectivity index (χ1n) is 6.53. The third kappa shape index (κ3) is 3.22. The van der Waals surface area contributed by atoms with E-state index in [2.05, 4.69) is 58.7 Å². The van der Waals surface area contributed by atoms with Gasteiger partial charge in [0.25, 0.3) is 0 Å². The van der Waals surface area contributed by atoms with Crippen molar-refractivity contribution in [2.75, 3.05) is 17.2 Å².